The predicted molar refractivity (Wildman–Crippen MR) is 102 cm³/mol. The van der Waals surface area contributed by atoms with Crippen LogP contribution in [0.1, 0.15) is 38.3 Å². The lowest BCUT2D eigenvalue weighted by Gasteiger charge is -2.13. The first-order valence-electron chi connectivity index (χ1n) is 8.62. The zero-order valence-electron chi connectivity index (χ0n) is 14.7. The zero-order chi connectivity index (χ0) is 18.7. The number of aromatic nitrogens is 1. The highest BCUT2D eigenvalue weighted by Crippen LogP contribution is 2.36. The molecule has 0 saturated heterocycles. The number of H-pyrrole nitrogens is 1. The number of rotatable bonds is 7. The number of amides is 1. The van der Waals surface area contributed by atoms with Gasteiger partial charge in [0.25, 0.3) is 5.91 Å². The summed E-state index contributed by atoms with van der Waals surface area (Å²) in [6, 6.07) is 7.75. The van der Waals surface area contributed by atoms with Crippen LogP contribution in [-0.2, 0) is 19.2 Å². The topological polar surface area (TPSA) is 80.4 Å². The first kappa shape index (κ1) is 18.7. The third-order valence-corrected chi connectivity index (χ3v) is 5.13. The van der Waals surface area contributed by atoms with E-state index in [4.69, 9.17) is 9.57 Å². The van der Waals surface area contributed by atoms with Crippen molar-refractivity contribution >= 4 is 44.3 Å². The third-order valence-electron chi connectivity index (χ3n) is 4.44. The van der Waals surface area contributed by atoms with Crippen LogP contribution in [0.25, 0.3) is 16.5 Å². The largest absolute Gasteiger partial charge is 0.454 e. The maximum atomic E-state index is 12.4. The molecule has 6 nitrogen and oxygen atoms in total. The number of ether oxygens (including phenoxy) is 1. The number of halogens is 1. The van der Waals surface area contributed by atoms with Gasteiger partial charge in [-0.3, -0.25) is 9.63 Å². The molecule has 7 heteroatoms. The molecular formula is C19H21BrN2O4. The summed E-state index contributed by atoms with van der Waals surface area (Å²) in [6.45, 7) is 2.12. The van der Waals surface area contributed by atoms with Crippen molar-refractivity contribution in [2.24, 2.45) is 0 Å². The minimum absolute atomic E-state index is 0.00368. The van der Waals surface area contributed by atoms with Gasteiger partial charge in [0.15, 0.2) is 0 Å². The van der Waals surface area contributed by atoms with Crippen molar-refractivity contribution in [2.75, 3.05) is 7.11 Å². The highest BCUT2D eigenvalue weighted by molar-refractivity contribution is 9.10. The molecule has 0 aliphatic carbocycles. The Morgan fingerprint density at radius 2 is 2.19 bits per heavy atom. The van der Waals surface area contributed by atoms with Gasteiger partial charge in [0.1, 0.15) is 11.7 Å². The van der Waals surface area contributed by atoms with Gasteiger partial charge < -0.3 is 9.72 Å². The van der Waals surface area contributed by atoms with Gasteiger partial charge in [-0.1, -0.05) is 41.8 Å². The fourth-order valence-corrected chi connectivity index (χ4v) is 3.71. The van der Waals surface area contributed by atoms with Crippen molar-refractivity contribution in [3.63, 3.8) is 0 Å². The highest BCUT2D eigenvalue weighted by Gasteiger charge is 2.39. The fourth-order valence-electron chi connectivity index (χ4n) is 3.23. The second-order valence-electron chi connectivity index (χ2n) is 6.20. The van der Waals surface area contributed by atoms with Gasteiger partial charge in [-0.15, -0.1) is 0 Å². The zero-order valence-corrected chi connectivity index (χ0v) is 16.3. The summed E-state index contributed by atoms with van der Waals surface area (Å²) >= 11 is 3.53. The van der Waals surface area contributed by atoms with Crippen LogP contribution in [0, 0.1) is 0 Å². The number of unbranched alkanes of at least 4 members (excludes halogenated alkanes) is 2. The van der Waals surface area contributed by atoms with E-state index in [0.717, 1.165) is 34.6 Å². The maximum absolute atomic E-state index is 12.4. The van der Waals surface area contributed by atoms with Gasteiger partial charge in [0.2, 0.25) is 0 Å². The number of nitrogens with one attached hydrogen (secondary N) is 2. The van der Waals surface area contributed by atoms with Gasteiger partial charge in [-0.05, 0) is 31.0 Å². The summed E-state index contributed by atoms with van der Waals surface area (Å²) < 4.78 is 6.46. The number of benzene rings is 1. The molecule has 26 heavy (non-hydrogen) atoms. The molecular weight excluding hydrogens is 400 g/mol. The van der Waals surface area contributed by atoms with Gasteiger partial charge in [-0.25, -0.2) is 10.3 Å². The van der Waals surface area contributed by atoms with Crippen LogP contribution < -0.4 is 5.48 Å². The molecule has 0 spiro atoms. The van der Waals surface area contributed by atoms with E-state index in [1.165, 1.54) is 7.11 Å². The predicted octanol–water partition coefficient (Wildman–Crippen LogP) is 3.87. The lowest BCUT2D eigenvalue weighted by atomic mass is 9.97. The number of hydroxylamine groups is 1. The van der Waals surface area contributed by atoms with Crippen LogP contribution in [0.2, 0.25) is 0 Å². The number of hydrogen-bond donors (Lipinski definition) is 2. The molecule has 0 radical (unpaired) electrons. The van der Waals surface area contributed by atoms with Crippen LogP contribution in [0.4, 0.5) is 0 Å². The Bertz CT molecular complexity index is 872. The van der Waals surface area contributed by atoms with E-state index in [-0.39, 0.29) is 5.57 Å². The Balaban J connectivity index is 2.08. The summed E-state index contributed by atoms with van der Waals surface area (Å²) in [5.74, 6) is -1.21. The van der Waals surface area contributed by atoms with E-state index in [2.05, 4.69) is 33.3 Å². The molecule has 2 N–H and O–H groups in total. The molecule has 1 unspecified atom stereocenters. The number of fused-ring (bicyclic) bond motifs is 1. The molecule has 1 aliphatic rings. The highest BCUT2D eigenvalue weighted by atomic mass is 79.9. The number of aromatic amines is 1. The van der Waals surface area contributed by atoms with Crippen LogP contribution in [0.3, 0.4) is 0 Å². The van der Waals surface area contributed by atoms with E-state index in [1.54, 1.807) is 0 Å². The summed E-state index contributed by atoms with van der Waals surface area (Å²) in [5.41, 5.74) is 4.44. The smallest absolute Gasteiger partial charge is 0.344 e. The van der Waals surface area contributed by atoms with E-state index in [1.807, 2.05) is 24.3 Å². The quantitative estimate of drug-likeness (QED) is 0.308. The van der Waals surface area contributed by atoms with Crippen molar-refractivity contribution < 1.29 is 19.2 Å². The molecule has 138 valence electrons. The van der Waals surface area contributed by atoms with Gasteiger partial charge in [0, 0.05) is 26.6 Å². The minimum atomic E-state index is -0.617. The second-order valence-corrected chi connectivity index (χ2v) is 7.05. The summed E-state index contributed by atoms with van der Waals surface area (Å²) in [4.78, 5) is 32.8. The maximum Gasteiger partial charge on any atom is 0.344 e. The average Bonchev–Trinajstić information content (AvgIpc) is 3.17. The number of cyclic esters (lactones) is 1. The van der Waals surface area contributed by atoms with Crippen molar-refractivity contribution in [1.82, 2.24) is 10.5 Å². The molecule has 3 rings (SSSR count). The SMILES string of the molecule is CCCCCC1OC(=O)C(C(=O)NOC)=C1c1cc2c(Br)cccc2[nH]1. The standard InChI is InChI=1S/C19H21BrN2O4/c1-3-4-5-9-15-16(17(19(24)26-15)18(23)22-25-2)14-10-11-12(20)7-6-8-13(11)21-14/h6-8,10,15,21H,3-5,9H2,1-2H3,(H,22,23). The molecule has 2 aromatic rings. The molecule has 1 atom stereocenters. The lowest BCUT2D eigenvalue weighted by Crippen LogP contribution is -2.26. The van der Waals surface area contributed by atoms with Crippen molar-refractivity contribution in [1.29, 1.82) is 0 Å². The van der Waals surface area contributed by atoms with Crippen LogP contribution in [0.5, 0.6) is 0 Å². The monoisotopic (exact) mass is 420 g/mol. The van der Waals surface area contributed by atoms with Crippen molar-refractivity contribution in [3.8, 4) is 0 Å². The van der Waals surface area contributed by atoms with Crippen LogP contribution in [0.15, 0.2) is 34.3 Å². The molecule has 1 aromatic carbocycles. The normalized spacial score (nSPS) is 17.0. The number of esters is 1. The summed E-state index contributed by atoms with van der Waals surface area (Å²) in [7, 11) is 1.33. The van der Waals surface area contributed by atoms with E-state index in [0.29, 0.717) is 17.7 Å². The fraction of sp³-hybridized carbons (Fsp3) is 0.368. The van der Waals surface area contributed by atoms with E-state index in [9.17, 15) is 9.59 Å². The Morgan fingerprint density at radius 1 is 1.38 bits per heavy atom. The lowest BCUT2D eigenvalue weighted by molar-refractivity contribution is -0.142. The van der Waals surface area contributed by atoms with Crippen molar-refractivity contribution in [3.05, 3.63) is 40.0 Å². The summed E-state index contributed by atoms with van der Waals surface area (Å²) in [5, 5.41) is 0.980. The Labute approximate surface area is 160 Å². The molecule has 1 aliphatic heterocycles. The van der Waals surface area contributed by atoms with E-state index >= 15 is 0 Å². The second kappa shape index (κ2) is 8.05. The average molecular weight is 421 g/mol. The molecule has 1 aromatic heterocycles. The summed E-state index contributed by atoms with van der Waals surface area (Å²) in [6.07, 6.45) is 3.25. The Morgan fingerprint density at radius 3 is 2.88 bits per heavy atom. The minimum Gasteiger partial charge on any atom is -0.454 e. The third kappa shape index (κ3) is 3.54. The van der Waals surface area contributed by atoms with Gasteiger partial charge in [-0.2, -0.15) is 0 Å². The Hall–Kier alpha value is -2.12. The van der Waals surface area contributed by atoms with Crippen LogP contribution in [-0.4, -0.2) is 30.1 Å². The Kier molecular flexibility index (Phi) is 5.78. The molecule has 0 saturated carbocycles. The number of hydrogen-bond acceptors (Lipinski definition) is 4. The van der Waals surface area contributed by atoms with Gasteiger partial charge in [0.05, 0.1) is 7.11 Å². The molecule has 0 fully saturated rings. The molecule has 1 amide bonds. The number of carbonyl (C=O) groups excluding carboxylic acids is 2. The first-order valence-corrected chi connectivity index (χ1v) is 9.42. The first-order chi connectivity index (χ1) is 12.6. The molecule has 2 heterocycles. The van der Waals surface area contributed by atoms with Crippen LogP contribution >= 0.6 is 15.9 Å². The van der Waals surface area contributed by atoms with Crippen molar-refractivity contribution in [2.45, 2.75) is 38.7 Å². The van der Waals surface area contributed by atoms with Gasteiger partial charge >= 0.3 is 5.97 Å². The molecule has 0 bridgehead atoms. The number of carbonyl (C=O) groups is 2. The van der Waals surface area contributed by atoms with E-state index < -0.39 is 18.0 Å².